The number of hydrogen-bond acceptors (Lipinski definition) is 4. The minimum absolute atomic E-state index is 0.0250. The van der Waals surface area contributed by atoms with Crippen molar-refractivity contribution in [1.29, 1.82) is 0 Å². The lowest BCUT2D eigenvalue weighted by molar-refractivity contribution is -0.152. The monoisotopic (exact) mass is 360 g/mol. The van der Waals surface area contributed by atoms with E-state index in [1.807, 2.05) is 0 Å². The highest BCUT2D eigenvalue weighted by molar-refractivity contribution is 6.10. The largest absolute Gasteiger partial charge is 0.450 e. The molecule has 0 aromatic rings. The Balaban J connectivity index is 1.82. The fraction of sp³-hybridized carbons (Fsp3) is 0.727. The predicted octanol–water partition coefficient (Wildman–Crippen LogP) is 4.53. The lowest BCUT2D eigenvalue weighted by Crippen LogP contribution is -2.44. The van der Waals surface area contributed by atoms with Crippen molar-refractivity contribution in [3.05, 3.63) is 22.8 Å². The number of allylic oxidation sites excluding steroid dienone is 2. The fourth-order valence-corrected chi connectivity index (χ4v) is 4.65. The van der Waals surface area contributed by atoms with Gasteiger partial charge in [-0.15, -0.1) is 0 Å². The van der Waals surface area contributed by atoms with Gasteiger partial charge in [0.05, 0.1) is 11.7 Å². The number of fused-ring (bicyclic) bond motifs is 1. The maximum atomic E-state index is 12.8. The third-order valence-corrected chi connectivity index (χ3v) is 6.35. The molecule has 1 saturated heterocycles. The number of esters is 1. The summed E-state index contributed by atoms with van der Waals surface area (Å²) in [5.74, 6) is 0.331. The van der Waals surface area contributed by atoms with Gasteiger partial charge in [0.25, 0.3) is 0 Å². The Hall–Kier alpha value is -1.42. The number of carbonyl (C=O) groups excluding carboxylic acids is 2. The summed E-state index contributed by atoms with van der Waals surface area (Å²) < 4.78 is 11.3. The van der Waals surface area contributed by atoms with E-state index in [-0.39, 0.29) is 29.4 Å². The van der Waals surface area contributed by atoms with E-state index in [0.717, 1.165) is 49.7 Å². The van der Waals surface area contributed by atoms with Crippen molar-refractivity contribution in [2.24, 2.45) is 11.8 Å². The molecule has 1 aliphatic heterocycles. The molecule has 0 amide bonds. The summed E-state index contributed by atoms with van der Waals surface area (Å²) in [6.45, 7) is 10.1. The van der Waals surface area contributed by atoms with E-state index >= 15 is 0 Å². The predicted molar refractivity (Wildman–Crippen MR) is 101 cm³/mol. The van der Waals surface area contributed by atoms with Crippen molar-refractivity contribution in [2.45, 2.75) is 91.0 Å². The van der Waals surface area contributed by atoms with E-state index in [2.05, 4.69) is 33.8 Å². The van der Waals surface area contributed by atoms with Gasteiger partial charge in [0.2, 0.25) is 5.78 Å². The Bertz CT molecular complexity index is 655. The molecule has 4 nitrogen and oxygen atoms in total. The minimum Gasteiger partial charge on any atom is -0.450 e. The zero-order valence-corrected chi connectivity index (χ0v) is 16.8. The Morgan fingerprint density at radius 3 is 2.73 bits per heavy atom. The van der Waals surface area contributed by atoms with Gasteiger partial charge in [-0.2, -0.15) is 0 Å². The van der Waals surface area contributed by atoms with Crippen LogP contribution in [0.5, 0.6) is 0 Å². The first-order valence-corrected chi connectivity index (χ1v) is 9.98. The van der Waals surface area contributed by atoms with Crippen molar-refractivity contribution < 1.29 is 19.1 Å². The van der Waals surface area contributed by atoms with E-state index in [4.69, 9.17) is 9.47 Å². The molecule has 0 spiro atoms. The van der Waals surface area contributed by atoms with Gasteiger partial charge < -0.3 is 9.47 Å². The third-order valence-electron chi connectivity index (χ3n) is 6.35. The van der Waals surface area contributed by atoms with E-state index in [9.17, 15) is 9.59 Å². The molecule has 3 aliphatic rings. The molecule has 3 rings (SSSR count). The molecule has 5 atom stereocenters. The summed E-state index contributed by atoms with van der Waals surface area (Å²) in [5, 5.41) is 0. The summed E-state index contributed by atoms with van der Waals surface area (Å²) in [4.78, 5) is 24.2. The number of carbonyl (C=O) groups is 2. The first-order chi connectivity index (χ1) is 12.2. The quantitative estimate of drug-likeness (QED) is 0.411. The molecule has 0 aromatic carbocycles. The van der Waals surface area contributed by atoms with Crippen LogP contribution in [-0.2, 0) is 19.1 Å². The van der Waals surface area contributed by atoms with Gasteiger partial charge in [0.1, 0.15) is 0 Å². The molecule has 0 N–H and O–H groups in total. The van der Waals surface area contributed by atoms with Crippen LogP contribution in [0, 0.1) is 11.8 Å². The number of ketones is 1. The average Bonchev–Trinajstić information content (AvgIpc) is 3.20. The fourth-order valence-electron chi connectivity index (χ4n) is 4.65. The maximum absolute atomic E-state index is 12.8. The van der Waals surface area contributed by atoms with Crippen LogP contribution in [0.25, 0.3) is 0 Å². The van der Waals surface area contributed by atoms with Gasteiger partial charge in [-0.05, 0) is 76.7 Å². The van der Waals surface area contributed by atoms with Gasteiger partial charge in [-0.3, -0.25) is 9.59 Å². The second kappa shape index (κ2) is 7.30. The molecule has 144 valence electrons. The van der Waals surface area contributed by atoms with Crippen LogP contribution < -0.4 is 0 Å². The van der Waals surface area contributed by atoms with E-state index in [0.29, 0.717) is 5.92 Å². The summed E-state index contributed by atoms with van der Waals surface area (Å²) in [6.07, 6.45) is 7.71. The van der Waals surface area contributed by atoms with Crippen molar-refractivity contribution in [2.75, 3.05) is 0 Å². The number of hydrogen-bond donors (Lipinski definition) is 0. The molecule has 1 fully saturated rings. The van der Waals surface area contributed by atoms with Crippen LogP contribution >= 0.6 is 0 Å². The normalized spacial score (nSPS) is 34.3. The van der Waals surface area contributed by atoms with Crippen molar-refractivity contribution in [3.8, 4) is 0 Å². The lowest BCUT2D eigenvalue weighted by atomic mass is 9.69. The highest BCUT2D eigenvalue weighted by Gasteiger charge is 2.55. The van der Waals surface area contributed by atoms with E-state index in [1.165, 1.54) is 12.5 Å². The Labute approximate surface area is 157 Å². The zero-order valence-electron chi connectivity index (χ0n) is 16.8. The molecule has 26 heavy (non-hydrogen) atoms. The summed E-state index contributed by atoms with van der Waals surface area (Å²) in [5.41, 5.74) is 3.33. The third kappa shape index (κ3) is 3.80. The highest BCUT2D eigenvalue weighted by atomic mass is 16.6. The van der Waals surface area contributed by atoms with Crippen LogP contribution in [-0.4, -0.2) is 29.6 Å². The zero-order chi connectivity index (χ0) is 19.1. The van der Waals surface area contributed by atoms with Gasteiger partial charge in [-0.25, -0.2) is 0 Å². The smallest absolute Gasteiger partial charge is 0.303 e. The first kappa shape index (κ1) is 19.3. The van der Waals surface area contributed by atoms with Crippen LogP contribution in [0.2, 0.25) is 0 Å². The van der Waals surface area contributed by atoms with Crippen LogP contribution in [0.1, 0.15) is 73.1 Å². The Morgan fingerprint density at radius 1 is 1.35 bits per heavy atom. The van der Waals surface area contributed by atoms with E-state index < -0.39 is 6.10 Å². The number of Topliss-reactive ketones (excluding diaryl/α,β-unsaturated/α-hetero) is 1. The summed E-state index contributed by atoms with van der Waals surface area (Å²) in [6, 6.07) is 0. The standard InChI is InChI=1S/C22H32O4/c1-13(2)7-6-8-14(3)16-11-12-22(5)18(26-22)10-9-17-19(16)20(24)21(17)25-15(4)23/h7,14,16,18,21H,6,8-12H2,1-5H3/t14-,16+,18-,21+,22-/m1/s1. The second-order valence-electron chi connectivity index (χ2n) is 8.73. The minimum atomic E-state index is -0.641. The van der Waals surface area contributed by atoms with Crippen LogP contribution in [0.15, 0.2) is 22.8 Å². The summed E-state index contributed by atoms with van der Waals surface area (Å²) >= 11 is 0. The van der Waals surface area contributed by atoms with Gasteiger partial charge in [0, 0.05) is 12.5 Å². The molecule has 0 bridgehead atoms. The molecule has 1 heterocycles. The molecule has 0 aromatic heterocycles. The molecule has 0 radical (unpaired) electrons. The molecule has 0 saturated carbocycles. The maximum Gasteiger partial charge on any atom is 0.303 e. The number of epoxide rings is 1. The van der Waals surface area contributed by atoms with Crippen LogP contribution in [0.4, 0.5) is 0 Å². The average molecular weight is 360 g/mol. The molecular formula is C22H32O4. The number of rotatable bonds is 5. The summed E-state index contributed by atoms with van der Waals surface area (Å²) in [7, 11) is 0. The number of ether oxygens (including phenoxy) is 2. The second-order valence-corrected chi connectivity index (χ2v) is 8.73. The molecule has 0 unspecified atom stereocenters. The van der Waals surface area contributed by atoms with Gasteiger partial charge >= 0.3 is 5.97 Å². The van der Waals surface area contributed by atoms with E-state index in [1.54, 1.807) is 0 Å². The molecular weight excluding hydrogens is 328 g/mol. The highest BCUT2D eigenvalue weighted by Crippen LogP contribution is 2.50. The van der Waals surface area contributed by atoms with Crippen LogP contribution in [0.3, 0.4) is 0 Å². The van der Waals surface area contributed by atoms with Crippen molar-refractivity contribution in [3.63, 3.8) is 0 Å². The molecule has 2 aliphatic carbocycles. The topological polar surface area (TPSA) is 55.9 Å². The lowest BCUT2D eigenvalue weighted by Gasteiger charge is -2.38. The molecule has 4 heteroatoms. The van der Waals surface area contributed by atoms with Crippen molar-refractivity contribution >= 4 is 11.8 Å². The Morgan fingerprint density at radius 2 is 2.08 bits per heavy atom. The first-order valence-electron chi connectivity index (χ1n) is 9.98. The SMILES string of the molecule is CC(=O)O[C@@H]1C(=O)C2=C1CC[C@H]1O[C@]1(C)CC[C@H]2[C@H](C)CCC=C(C)C. The van der Waals surface area contributed by atoms with Crippen molar-refractivity contribution in [1.82, 2.24) is 0 Å². The van der Waals surface area contributed by atoms with Gasteiger partial charge in [-0.1, -0.05) is 18.6 Å². The Kier molecular flexibility index (Phi) is 5.43. The van der Waals surface area contributed by atoms with Gasteiger partial charge in [0.15, 0.2) is 6.10 Å².